The molecule has 1 aromatic carbocycles. The Balaban J connectivity index is 2.77. The standard InChI is InChI=1S/C20H28N4O2/c1-14(2)8-17(11-23(4)13-25)20-22-18-7-6-16(10-21)9-19(18)24(20)15(3)12-26-5/h6-9,11,13,15H,10,12,21H2,1-5H3/b17-11+. The first kappa shape index (κ1) is 19.9. The largest absolute Gasteiger partial charge is 0.383 e. The number of carbonyl (C=O) groups excluding carboxylic acids is 1. The van der Waals surface area contributed by atoms with Gasteiger partial charge in [0, 0.05) is 32.5 Å². The number of carbonyl (C=O) groups is 1. The highest BCUT2D eigenvalue weighted by molar-refractivity contribution is 5.83. The molecule has 2 N–H and O–H groups in total. The SMILES string of the molecule is COCC(C)n1c(/C(C=C(C)C)=C/N(C)C=O)nc2ccc(CN)cc21. The zero-order valence-corrected chi connectivity index (χ0v) is 16.2. The van der Waals surface area contributed by atoms with Crippen LogP contribution < -0.4 is 5.73 Å². The van der Waals surface area contributed by atoms with Gasteiger partial charge in [-0.05, 0) is 38.5 Å². The lowest BCUT2D eigenvalue weighted by atomic mass is 10.1. The average molecular weight is 356 g/mol. The van der Waals surface area contributed by atoms with Crippen molar-refractivity contribution in [2.45, 2.75) is 33.4 Å². The summed E-state index contributed by atoms with van der Waals surface area (Å²) in [5.41, 5.74) is 10.8. The maximum absolute atomic E-state index is 11.1. The Morgan fingerprint density at radius 1 is 1.42 bits per heavy atom. The molecule has 6 heteroatoms. The van der Waals surface area contributed by atoms with Gasteiger partial charge < -0.3 is 19.9 Å². The highest BCUT2D eigenvalue weighted by Crippen LogP contribution is 2.28. The molecule has 1 atom stereocenters. The first-order chi connectivity index (χ1) is 12.4. The lowest BCUT2D eigenvalue weighted by molar-refractivity contribution is -0.114. The van der Waals surface area contributed by atoms with E-state index in [2.05, 4.69) is 17.6 Å². The van der Waals surface area contributed by atoms with Gasteiger partial charge in [-0.15, -0.1) is 0 Å². The number of aromatic nitrogens is 2. The summed E-state index contributed by atoms with van der Waals surface area (Å²) >= 11 is 0. The molecule has 0 aliphatic rings. The normalized spacial score (nSPS) is 12.9. The fraction of sp³-hybridized carbons (Fsp3) is 0.400. The maximum atomic E-state index is 11.1. The zero-order valence-electron chi connectivity index (χ0n) is 16.2. The summed E-state index contributed by atoms with van der Waals surface area (Å²) in [5, 5.41) is 0. The Kier molecular flexibility index (Phi) is 6.71. The minimum atomic E-state index is 0.0727. The number of fused-ring (bicyclic) bond motifs is 1. The number of nitrogens with two attached hydrogens (primary N) is 1. The number of benzene rings is 1. The molecule has 0 fully saturated rings. The van der Waals surface area contributed by atoms with Crippen LogP contribution in [-0.4, -0.2) is 41.6 Å². The molecule has 1 heterocycles. The van der Waals surface area contributed by atoms with Crippen LogP contribution in [0.3, 0.4) is 0 Å². The van der Waals surface area contributed by atoms with Gasteiger partial charge in [0.05, 0.1) is 23.7 Å². The number of hydrogen-bond acceptors (Lipinski definition) is 4. The quantitative estimate of drug-likeness (QED) is 0.583. The van der Waals surface area contributed by atoms with E-state index in [1.54, 1.807) is 20.4 Å². The topological polar surface area (TPSA) is 73.4 Å². The van der Waals surface area contributed by atoms with Crippen molar-refractivity contribution in [3.8, 4) is 0 Å². The van der Waals surface area contributed by atoms with Crippen LogP contribution in [0.25, 0.3) is 16.6 Å². The van der Waals surface area contributed by atoms with Gasteiger partial charge in [0.15, 0.2) is 0 Å². The predicted molar refractivity (Wildman–Crippen MR) is 105 cm³/mol. The van der Waals surface area contributed by atoms with Gasteiger partial charge in [-0.1, -0.05) is 17.7 Å². The fourth-order valence-electron chi connectivity index (χ4n) is 2.95. The minimum absolute atomic E-state index is 0.0727. The van der Waals surface area contributed by atoms with Crippen molar-refractivity contribution in [3.05, 3.63) is 47.4 Å². The molecule has 0 spiro atoms. The lowest BCUT2D eigenvalue weighted by Crippen LogP contribution is -2.15. The van der Waals surface area contributed by atoms with Crippen molar-refractivity contribution in [2.75, 3.05) is 20.8 Å². The van der Waals surface area contributed by atoms with E-state index >= 15 is 0 Å². The van der Waals surface area contributed by atoms with Crippen LogP contribution in [0, 0.1) is 0 Å². The summed E-state index contributed by atoms with van der Waals surface area (Å²) in [5.74, 6) is 0.800. The van der Waals surface area contributed by atoms with Gasteiger partial charge in [-0.25, -0.2) is 4.98 Å². The van der Waals surface area contributed by atoms with E-state index in [1.807, 2.05) is 32.1 Å². The number of imidazole rings is 1. The smallest absolute Gasteiger partial charge is 0.213 e. The third-order valence-electron chi connectivity index (χ3n) is 4.05. The number of allylic oxidation sites excluding steroid dienone is 3. The van der Waals surface area contributed by atoms with E-state index in [-0.39, 0.29) is 6.04 Å². The number of hydrogen-bond donors (Lipinski definition) is 1. The van der Waals surface area contributed by atoms with Crippen molar-refractivity contribution in [1.29, 1.82) is 0 Å². The molecule has 0 saturated carbocycles. The van der Waals surface area contributed by atoms with Gasteiger partial charge in [-0.3, -0.25) is 4.79 Å². The maximum Gasteiger partial charge on any atom is 0.213 e. The predicted octanol–water partition coefficient (Wildman–Crippen LogP) is 3.10. The molecular formula is C20H28N4O2. The summed E-state index contributed by atoms with van der Waals surface area (Å²) in [6, 6.07) is 6.12. The lowest BCUT2D eigenvalue weighted by Gasteiger charge is -2.18. The molecular weight excluding hydrogens is 328 g/mol. The Morgan fingerprint density at radius 3 is 2.73 bits per heavy atom. The highest BCUT2D eigenvalue weighted by Gasteiger charge is 2.19. The van der Waals surface area contributed by atoms with Gasteiger partial charge in [-0.2, -0.15) is 0 Å². The number of ether oxygens (including phenoxy) is 1. The Morgan fingerprint density at radius 2 is 2.15 bits per heavy atom. The molecule has 1 unspecified atom stereocenters. The van der Waals surface area contributed by atoms with Crippen molar-refractivity contribution in [3.63, 3.8) is 0 Å². The third kappa shape index (κ3) is 4.39. The van der Waals surface area contributed by atoms with Crippen LogP contribution in [0.4, 0.5) is 0 Å². The first-order valence-corrected chi connectivity index (χ1v) is 8.65. The molecule has 0 aliphatic carbocycles. The summed E-state index contributed by atoms with van der Waals surface area (Å²) in [4.78, 5) is 17.5. The van der Waals surface area contributed by atoms with Gasteiger partial charge >= 0.3 is 0 Å². The van der Waals surface area contributed by atoms with Crippen LogP contribution in [0.1, 0.15) is 38.2 Å². The Hall–Kier alpha value is -2.44. The highest BCUT2D eigenvalue weighted by atomic mass is 16.5. The third-order valence-corrected chi connectivity index (χ3v) is 4.05. The van der Waals surface area contributed by atoms with Crippen LogP contribution in [0.5, 0.6) is 0 Å². The Labute approximate surface area is 154 Å². The second kappa shape index (κ2) is 8.78. The van der Waals surface area contributed by atoms with Crippen molar-refractivity contribution in [2.24, 2.45) is 5.73 Å². The first-order valence-electron chi connectivity index (χ1n) is 8.65. The minimum Gasteiger partial charge on any atom is -0.383 e. The number of nitrogens with zero attached hydrogens (tertiary/aromatic N) is 3. The van der Waals surface area contributed by atoms with Gasteiger partial charge in [0.1, 0.15) is 5.82 Å². The molecule has 6 nitrogen and oxygen atoms in total. The molecule has 26 heavy (non-hydrogen) atoms. The molecule has 1 aromatic heterocycles. The van der Waals surface area contributed by atoms with Gasteiger partial charge in [0.25, 0.3) is 0 Å². The molecule has 0 aliphatic heterocycles. The number of methoxy groups -OCH3 is 1. The monoisotopic (exact) mass is 356 g/mol. The molecule has 2 rings (SSSR count). The molecule has 140 valence electrons. The van der Waals surface area contributed by atoms with E-state index in [1.165, 1.54) is 4.90 Å². The van der Waals surface area contributed by atoms with Gasteiger partial charge in [0.2, 0.25) is 6.41 Å². The number of rotatable bonds is 8. The van der Waals surface area contributed by atoms with E-state index < -0.39 is 0 Å². The summed E-state index contributed by atoms with van der Waals surface area (Å²) < 4.78 is 7.53. The molecule has 1 amide bonds. The molecule has 0 radical (unpaired) electrons. The van der Waals surface area contributed by atoms with Crippen molar-refractivity contribution in [1.82, 2.24) is 14.5 Å². The van der Waals surface area contributed by atoms with Crippen LogP contribution in [0.15, 0.2) is 36.0 Å². The summed E-state index contributed by atoms with van der Waals surface area (Å²) in [6.45, 7) is 7.16. The van der Waals surface area contributed by atoms with Crippen LogP contribution in [-0.2, 0) is 16.1 Å². The molecule has 0 bridgehead atoms. The van der Waals surface area contributed by atoms with Crippen molar-refractivity contribution < 1.29 is 9.53 Å². The van der Waals surface area contributed by atoms with Crippen molar-refractivity contribution >= 4 is 23.0 Å². The van der Waals surface area contributed by atoms with E-state index in [0.29, 0.717) is 13.2 Å². The summed E-state index contributed by atoms with van der Waals surface area (Å²) in [6.07, 6.45) is 4.60. The van der Waals surface area contributed by atoms with E-state index in [4.69, 9.17) is 15.5 Å². The van der Waals surface area contributed by atoms with E-state index in [9.17, 15) is 4.79 Å². The zero-order chi connectivity index (χ0) is 19.3. The Bertz CT molecular complexity index is 832. The van der Waals surface area contributed by atoms with E-state index in [0.717, 1.165) is 40.0 Å². The summed E-state index contributed by atoms with van der Waals surface area (Å²) in [7, 11) is 3.40. The van der Waals surface area contributed by atoms with Crippen LogP contribution in [0.2, 0.25) is 0 Å². The van der Waals surface area contributed by atoms with Crippen LogP contribution >= 0.6 is 0 Å². The second-order valence-electron chi connectivity index (χ2n) is 6.71. The number of amides is 1. The fourth-order valence-corrected chi connectivity index (χ4v) is 2.95. The second-order valence-corrected chi connectivity index (χ2v) is 6.71. The molecule has 0 saturated heterocycles. The molecule has 2 aromatic rings. The average Bonchev–Trinajstić information content (AvgIpc) is 2.99.